The van der Waals surface area contributed by atoms with Crippen molar-refractivity contribution >= 4 is 11.4 Å². The first-order chi connectivity index (χ1) is 6.69. The molecule has 6 nitrogen and oxygen atoms in total. The Labute approximate surface area is 80.2 Å². The molecule has 0 bridgehead atoms. The summed E-state index contributed by atoms with van der Waals surface area (Å²) in [6.45, 7) is 2.05. The van der Waals surface area contributed by atoms with Gasteiger partial charge >= 0.3 is 5.69 Å². The van der Waals surface area contributed by atoms with Gasteiger partial charge in [0, 0.05) is 12.1 Å². The molecule has 1 rings (SSSR count). The van der Waals surface area contributed by atoms with Crippen molar-refractivity contribution in [1.29, 1.82) is 0 Å². The predicted molar refractivity (Wildman–Crippen MR) is 49.7 cm³/mol. The summed E-state index contributed by atoms with van der Waals surface area (Å²) in [7, 11) is 0. The number of nitro benzene ring substituents is 1. The molecule has 0 amide bonds. The fourth-order valence-electron chi connectivity index (χ4n) is 1.01. The minimum absolute atomic E-state index is 0.120. The Morgan fingerprint density at radius 1 is 1.64 bits per heavy atom. The Balaban J connectivity index is 3.10. The molecule has 14 heavy (non-hydrogen) atoms. The second-order valence-corrected chi connectivity index (χ2v) is 2.48. The Morgan fingerprint density at radius 2 is 2.36 bits per heavy atom. The normalized spacial score (nSPS) is 9.57. The van der Waals surface area contributed by atoms with Crippen LogP contribution < -0.4 is 10.2 Å². The average molecular weight is 198 g/mol. The molecule has 0 aliphatic carbocycles. The van der Waals surface area contributed by atoms with E-state index in [1.807, 2.05) is 5.48 Å². The number of nitrogens with one attached hydrogen (secondary N) is 1. The highest BCUT2D eigenvalue weighted by atomic mass is 16.6. The van der Waals surface area contributed by atoms with Crippen molar-refractivity contribution in [2.24, 2.45) is 0 Å². The first kappa shape index (κ1) is 10.3. The summed E-state index contributed by atoms with van der Waals surface area (Å²) in [4.78, 5) is 10.0. The molecule has 0 radical (unpaired) electrons. The summed E-state index contributed by atoms with van der Waals surface area (Å²) in [6.07, 6.45) is 0. The quantitative estimate of drug-likeness (QED) is 0.569. The van der Waals surface area contributed by atoms with Crippen molar-refractivity contribution in [2.45, 2.75) is 6.92 Å². The summed E-state index contributed by atoms with van der Waals surface area (Å²) < 4.78 is 5.05. The van der Waals surface area contributed by atoms with Crippen LogP contribution in [0.1, 0.15) is 6.92 Å². The molecule has 0 unspecified atom stereocenters. The summed E-state index contributed by atoms with van der Waals surface area (Å²) in [5, 5.41) is 19.1. The summed E-state index contributed by atoms with van der Waals surface area (Å²) >= 11 is 0. The van der Waals surface area contributed by atoms with E-state index in [0.29, 0.717) is 12.3 Å². The molecule has 1 aromatic rings. The predicted octanol–water partition coefficient (Wildman–Crippen LogP) is 1.79. The SMILES string of the molecule is CCOc1cc(NO)ccc1[N+](=O)[O-]. The maximum absolute atomic E-state index is 10.5. The minimum Gasteiger partial charge on any atom is -0.487 e. The van der Waals surface area contributed by atoms with Gasteiger partial charge in [0.05, 0.1) is 17.2 Å². The van der Waals surface area contributed by atoms with Crippen LogP contribution in [0.15, 0.2) is 18.2 Å². The van der Waals surface area contributed by atoms with Crippen molar-refractivity contribution in [2.75, 3.05) is 12.1 Å². The Morgan fingerprint density at radius 3 is 2.86 bits per heavy atom. The van der Waals surface area contributed by atoms with Crippen LogP contribution in [0.2, 0.25) is 0 Å². The third-order valence-corrected chi connectivity index (χ3v) is 1.59. The van der Waals surface area contributed by atoms with Gasteiger partial charge in [0.25, 0.3) is 0 Å². The highest BCUT2D eigenvalue weighted by Crippen LogP contribution is 2.29. The zero-order chi connectivity index (χ0) is 10.6. The number of hydrogen-bond donors (Lipinski definition) is 2. The largest absolute Gasteiger partial charge is 0.487 e. The molecule has 0 atom stereocenters. The Kier molecular flexibility index (Phi) is 3.24. The van der Waals surface area contributed by atoms with E-state index in [9.17, 15) is 10.1 Å². The smallest absolute Gasteiger partial charge is 0.311 e. The van der Waals surface area contributed by atoms with Gasteiger partial charge in [-0.3, -0.25) is 20.8 Å². The zero-order valence-corrected chi connectivity index (χ0v) is 7.56. The fourth-order valence-corrected chi connectivity index (χ4v) is 1.01. The number of anilines is 1. The summed E-state index contributed by atoms with van der Waals surface area (Å²) in [5.74, 6) is 0.136. The number of rotatable bonds is 4. The molecule has 0 fully saturated rings. The van der Waals surface area contributed by atoms with Crippen LogP contribution in [0.25, 0.3) is 0 Å². The molecule has 76 valence electrons. The molecule has 0 saturated heterocycles. The summed E-state index contributed by atoms with van der Waals surface area (Å²) in [5.41, 5.74) is 2.12. The molecule has 0 spiro atoms. The maximum atomic E-state index is 10.5. The van der Waals surface area contributed by atoms with E-state index in [-0.39, 0.29) is 11.4 Å². The van der Waals surface area contributed by atoms with Crippen LogP contribution in [-0.2, 0) is 0 Å². The van der Waals surface area contributed by atoms with Gasteiger partial charge < -0.3 is 4.74 Å². The maximum Gasteiger partial charge on any atom is 0.311 e. The highest BCUT2D eigenvalue weighted by Gasteiger charge is 2.14. The molecule has 6 heteroatoms. The fraction of sp³-hybridized carbons (Fsp3) is 0.250. The number of nitro groups is 1. The Hall–Kier alpha value is -1.82. The van der Waals surface area contributed by atoms with Crippen molar-refractivity contribution in [1.82, 2.24) is 0 Å². The number of benzene rings is 1. The third kappa shape index (κ3) is 2.11. The molecule has 0 aliphatic heterocycles. The zero-order valence-electron chi connectivity index (χ0n) is 7.56. The summed E-state index contributed by atoms with van der Waals surface area (Å²) in [6, 6.07) is 4.02. The van der Waals surface area contributed by atoms with Crippen LogP contribution >= 0.6 is 0 Å². The van der Waals surface area contributed by atoms with Gasteiger partial charge in [-0.1, -0.05) is 0 Å². The van der Waals surface area contributed by atoms with E-state index >= 15 is 0 Å². The average Bonchev–Trinajstić information content (AvgIpc) is 2.17. The van der Waals surface area contributed by atoms with Crippen molar-refractivity contribution in [3.63, 3.8) is 0 Å². The van der Waals surface area contributed by atoms with E-state index in [0.717, 1.165) is 0 Å². The lowest BCUT2D eigenvalue weighted by atomic mass is 10.2. The van der Waals surface area contributed by atoms with Gasteiger partial charge in [-0.25, -0.2) is 0 Å². The molecule has 0 saturated carbocycles. The monoisotopic (exact) mass is 198 g/mol. The second kappa shape index (κ2) is 4.43. The lowest BCUT2D eigenvalue weighted by molar-refractivity contribution is -0.385. The van der Waals surface area contributed by atoms with Crippen molar-refractivity contribution in [3.8, 4) is 5.75 Å². The van der Waals surface area contributed by atoms with Crippen LogP contribution in [-0.4, -0.2) is 16.7 Å². The van der Waals surface area contributed by atoms with Gasteiger partial charge in [0.2, 0.25) is 0 Å². The van der Waals surface area contributed by atoms with Crippen LogP contribution in [0, 0.1) is 10.1 Å². The van der Waals surface area contributed by atoms with Crippen LogP contribution in [0.5, 0.6) is 5.75 Å². The van der Waals surface area contributed by atoms with Gasteiger partial charge in [-0.2, -0.15) is 0 Å². The molecule has 2 N–H and O–H groups in total. The van der Waals surface area contributed by atoms with Crippen molar-refractivity contribution < 1.29 is 14.9 Å². The van der Waals surface area contributed by atoms with Crippen LogP contribution in [0.3, 0.4) is 0 Å². The molecular weight excluding hydrogens is 188 g/mol. The van der Waals surface area contributed by atoms with Crippen LogP contribution in [0.4, 0.5) is 11.4 Å². The van der Waals surface area contributed by atoms with E-state index < -0.39 is 4.92 Å². The first-order valence-corrected chi connectivity index (χ1v) is 4.00. The Bertz CT molecular complexity index is 340. The lowest BCUT2D eigenvalue weighted by Gasteiger charge is -2.05. The van der Waals surface area contributed by atoms with Gasteiger partial charge in [-0.15, -0.1) is 0 Å². The van der Waals surface area contributed by atoms with Gasteiger partial charge in [-0.05, 0) is 13.0 Å². The standard InChI is InChI=1S/C8H10N2O4/c1-2-14-8-5-6(9-11)3-4-7(8)10(12)13/h3-5,9,11H,2H2,1H3. The number of nitrogens with zero attached hydrogens (tertiary/aromatic N) is 1. The number of ether oxygens (including phenoxy) is 1. The number of hydrogen-bond acceptors (Lipinski definition) is 5. The topological polar surface area (TPSA) is 84.6 Å². The highest BCUT2D eigenvalue weighted by molar-refractivity contribution is 5.56. The van der Waals surface area contributed by atoms with E-state index in [1.165, 1.54) is 18.2 Å². The first-order valence-electron chi connectivity index (χ1n) is 4.00. The molecule has 0 aromatic heterocycles. The second-order valence-electron chi connectivity index (χ2n) is 2.48. The molecular formula is C8H10N2O4. The van der Waals surface area contributed by atoms with E-state index in [1.54, 1.807) is 6.92 Å². The molecule has 0 heterocycles. The minimum atomic E-state index is -0.536. The lowest BCUT2D eigenvalue weighted by Crippen LogP contribution is -1.99. The molecule has 0 aliphatic rings. The van der Waals surface area contributed by atoms with Gasteiger partial charge in [0.15, 0.2) is 5.75 Å². The third-order valence-electron chi connectivity index (χ3n) is 1.59. The van der Waals surface area contributed by atoms with Gasteiger partial charge in [0.1, 0.15) is 0 Å². The van der Waals surface area contributed by atoms with Crippen molar-refractivity contribution in [3.05, 3.63) is 28.3 Å². The van der Waals surface area contributed by atoms with E-state index in [4.69, 9.17) is 9.94 Å². The molecule has 1 aromatic carbocycles. The van der Waals surface area contributed by atoms with E-state index in [2.05, 4.69) is 0 Å².